The number of aryl methyl sites for hydroxylation is 1. The minimum atomic E-state index is -0.322. The van der Waals surface area contributed by atoms with Crippen LogP contribution in [0, 0.1) is 12.3 Å². The van der Waals surface area contributed by atoms with Gasteiger partial charge < -0.3 is 9.30 Å². The Kier molecular flexibility index (Phi) is 6.16. The summed E-state index contributed by atoms with van der Waals surface area (Å²) in [5.74, 6) is 2.20. The van der Waals surface area contributed by atoms with Crippen LogP contribution in [0.4, 0.5) is 0 Å². The predicted molar refractivity (Wildman–Crippen MR) is 110 cm³/mol. The van der Waals surface area contributed by atoms with Crippen molar-refractivity contribution in [3.63, 3.8) is 0 Å². The summed E-state index contributed by atoms with van der Waals surface area (Å²) in [4.78, 5) is 25.7. The van der Waals surface area contributed by atoms with Crippen LogP contribution >= 0.6 is 0 Å². The summed E-state index contributed by atoms with van der Waals surface area (Å²) in [7, 11) is 0. The summed E-state index contributed by atoms with van der Waals surface area (Å²) in [6, 6.07) is 9.06. The van der Waals surface area contributed by atoms with Gasteiger partial charge in [0.15, 0.2) is 0 Å². The number of terminal acetylenes is 1. The van der Waals surface area contributed by atoms with E-state index in [9.17, 15) is 9.59 Å². The van der Waals surface area contributed by atoms with Crippen molar-refractivity contribution >= 4 is 17.3 Å². The van der Waals surface area contributed by atoms with Crippen LogP contribution < -0.4 is 0 Å². The summed E-state index contributed by atoms with van der Waals surface area (Å²) in [6.07, 6.45) is 10.9. The van der Waals surface area contributed by atoms with E-state index in [0.717, 1.165) is 42.5 Å². The van der Waals surface area contributed by atoms with Crippen LogP contribution in [0.2, 0.25) is 0 Å². The Labute approximate surface area is 166 Å². The molecule has 0 N–H and O–H groups in total. The second-order valence-electron chi connectivity index (χ2n) is 6.92. The summed E-state index contributed by atoms with van der Waals surface area (Å²) >= 11 is 0. The van der Waals surface area contributed by atoms with E-state index in [2.05, 4.69) is 12.8 Å². The lowest BCUT2D eigenvalue weighted by Gasteiger charge is -2.09. The zero-order valence-corrected chi connectivity index (χ0v) is 16.5. The number of ether oxygens (including phenoxy) is 1. The van der Waals surface area contributed by atoms with Gasteiger partial charge in [-0.15, -0.1) is 6.42 Å². The Morgan fingerprint density at radius 2 is 1.93 bits per heavy atom. The van der Waals surface area contributed by atoms with E-state index in [0.29, 0.717) is 30.0 Å². The first-order chi connectivity index (χ1) is 13.6. The van der Waals surface area contributed by atoms with Crippen LogP contribution in [0.25, 0.3) is 5.57 Å². The zero-order valence-electron chi connectivity index (χ0n) is 16.5. The summed E-state index contributed by atoms with van der Waals surface area (Å²) in [5, 5.41) is 0. The molecule has 0 fully saturated rings. The lowest BCUT2D eigenvalue weighted by atomic mass is 10.0. The van der Waals surface area contributed by atoms with Crippen molar-refractivity contribution in [3.8, 4) is 12.3 Å². The third-order valence-electron chi connectivity index (χ3n) is 4.92. The third kappa shape index (κ3) is 3.80. The highest BCUT2D eigenvalue weighted by atomic mass is 16.5. The number of hydrogen-bond donors (Lipinski definition) is 0. The Morgan fingerprint density at radius 3 is 2.57 bits per heavy atom. The molecule has 1 aliphatic rings. The van der Waals surface area contributed by atoms with E-state index in [1.54, 1.807) is 24.3 Å². The number of carbonyl (C=O) groups excluding carboxylic acids is 2. The standard InChI is InChI=1S/C24H25NO3/c1-4-7-8-19-16-21-20(24(27)28-15-5-2)13-14-25(21)22(19)23(26)18-11-9-17(6-3)10-12-18/h3,9-13,16H,4-5,7-8,14-15H2,1-2H3. The van der Waals surface area contributed by atoms with Gasteiger partial charge in [0.25, 0.3) is 0 Å². The molecule has 3 rings (SSSR count). The zero-order chi connectivity index (χ0) is 20.1. The van der Waals surface area contributed by atoms with Crippen molar-refractivity contribution in [1.29, 1.82) is 0 Å². The van der Waals surface area contributed by atoms with E-state index in [4.69, 9.17) is 11.2 Å². The number of unbranched alkanes of at least 4 members (excludes halogenated alkanes) is 1. The van der Waals surface area contributed by atoms with Crippen molar-refractivity contribution in [1.82, 2.24) is 4.57 Å². The number of hydrogen-bond acceptors (Lipinski definition) is 3. The predicted octanol–water partition coefficient (Wildman–Crippen LogP) is 4.39. The van der Waals surface area contributed by atoms with Crippen molar-refractivity contribution in [2.45, 2.75) is 46.1 Å². The molecule has 0 unspecified atom stereocenters. The SMILES string of the molecule is C#Cc1ccc(C(=O)c2c(CCCC)cc3n2CC=C3C(=O)OCCC)cc1. The van der Waals surface area contributed by atoms with Crippen LogP contribution in [-0.4, -0.2) is 22.9 Å². The quantitative estimate of drug-likeness (QED) is 0.390. The number of carbonyl (C=O) groups is 2. The molecule has 28 heavy (non-hydrogen) atoms. The van der Waals surface area contributed by atoms with Crippen LogP contribution in [0.1, 0.15) is 66.0 Å². The molecular formula is C24H25NO3. The average molecular weight is 375 g/mol. The molecule has 0 aliphatic carbocycles. The molecule has 2 aromatic rings. The van der Waals surface area contributed by atoms with Gasteiger partial charge in [0.2, 0.25) is 5.78 Å². The van der Waals surface area contributed by atoms with Gasteiger partial charge in [0.05, 0.1) is 23.6 Å². The highest BCUT2D eigenvalue weighted by molar-refractivity contribution is 6.18. The Bertz CT molecular complexity index is 955. The average Bonchev–Trinajstić information content (AvgIpc) is 3.28. The Hall–Kier alpha value is -3.06. The Balaban J connectivity index is 1.98. The summed E-state index contributed by atoms with van der Waals surface area (Å²) < 4.78 is 7.24. The first-order valence-corrected chi connectivity index (χ1v) is 9.82. The number of allylic oxidation sites excluding steroid dienone is 1. The molecule has 1 aliphatic heterocycles. The maximum atomic E-state index is 13.3. The van der Waals surface area contributed by atoms with Crippen molar-refractivity contribution < 1.29 is 14.3 Å². The molecule has 144 valence electrons. The molecule has 4 heteroatoms. The van der Waals surface area contributed by atoms with E-state index in [1.807, 2.05) is 23.6 Å². The maximum Gasteiger partial charge on any atom is 0.339 e. The van der Waals surface area contributed by atoms with E-state index >= 15 is 0 Å². The molecule has 1 aromatic heterocycles. The smallest absolute Gasteiger partial charge is 0.339 e. The number of nitrogens with zero attached hydrogens (tertiary/aromatic N) is 1. The first-order valence-electron chi connectivity index (χ1n) is 9.82. The lowest BCUT2D eigenvalue weighted by molar-refractivity contribution is -0.136. The molecule has 0 atom stereocenters. The molecule has 2 heterocycles. The first kappa shape index (κ1) is 19.7. The van der Waals surface area contributed by atoms with Gasteiger partial charge in [-0.1, -0.05) is 26.2 Å². The lowest BCUT2D eigenvalue weighted by Crippen LogP contribution is -2.12. The molecular weight excluding hydrogens is 350 g/mol. The van der Waals surface area contributed by atoms with Gasteiger partial charge in [-0.05, 0) is 61.2 Å². The number of fused-ring (bicyclic) bond motifs is 1. The minimum absolute atomic E-state index is 0.0440. The summed E-state index contributed by atoms with van der Waals surface area (Å²) in [6.45, 7) is 4.98. The molecule has 0 saturated carbocycles. The molecule has 0 amide bonds. The normalized spacial score (nSPS) is 12.2. The van der Waals surface area contributed by atoms with Crippen molar-refractivity contribution in [2.75, 3.05) is 6.61 Å². The third-order valence-corrected chi connectivity index (χ3v) is 4.92. The van der Waals surface area contributed by atoms with Crippen LogP contribution in [0.5, 0.6) is 0 Å². The van der Waals surface area contributed by atoms with Gasteiger partial charge >= 0.3 is 5.97 Å². The molecule has 0 bridgehead atoms. The fraction of sp³-hybridized carbons (Fsp3) is 0.333. The highest BCUT2D eigenvalue weighted by Crippen LogP contribution is 2.31. The van der Waals surface area contributed by atoms with Crippen LogP contribution in [-0.2, 0) is 22.5 Å². The molecule has 4 nitrogen and oxygen atoms in total. The topological polar surface area (TPSA) is 48.3 Å². The number of benzene rings is 1. The van der Waals surface area contributed by atoms with E-state index < -0.39 is 0 Å². The van der Waals surface area contributed by atoms with E-state index in [-0.39, 0.29) is 11.8 Å². The number of rotatable bonds is 8. The van der Waals surface area contributed by atoms with Gasteiger partial charge in [0, 0.05) is 17.7 Å². The van der Waals surface area contributed by atoms with Crippen molar-refractivity contribution in [2.24, 2.45) is 0 Å². The second-order valence-corrected chi connectivity index (χ2v) is 6.92. The van der Waals surface area contributed by atoms with Crippen LogP contribution in [0.3, 0.4) is 0 Å². The monoisotopic (exact) mass is 375 g/mol. The van der Waals surface area contributed by atoms with E-state index in [1.165, 1.54) is 0 Å². The fourth-order valence-electron chi connectivity index (χ4n) is 3.45. The number of ketones is 1. The van der Waals surface area contributed by atoms with Crippen LogP contribution in [0.15, 0.2) is 36.4 Å². The highest BCUT2D eigenvalue weighted by Gasteiger charge is 2.29. The fourth-order valence-corrected chi connectivity index (χ4v) is 3.45. The second kappa shape index (κ2) is 8.75. The number of esters is 1. The molecule has 1 aromatic carbocycles. The Morgan fingerprint density at radius 1 is 1.18 bits per heavy atom. The largest absolute Gasteiger partial charge is 0.462 e. The maximum absolute atomic E-state index is 13.3. The molecule has 0 saturated heterocycles. The van der Waals surface area contributed by atoms with Gasteiger partial charge in [0.1, 0.15) is 0 Å². The van der Waals surface area contributed by atoms with Gasteiger partial charge in [-0.2, -0.15) is 0 Å². The van der Waals surface area contributed by atoms with Crippen molar-refractivity contribution in [3.05, 3.63) is 64.5 Å². The minimum Gasteiger partial charge on any atom is -0.462 e. The molecule has 0 spiro atoms. The molecule has 0 radical (unpaired) electrons. The van der Waals surface area contributed by atoms with Gasteiger partial charge in [-0.25, -0.2) is 4.79 Å². The van der Waals surface area contributed by atoms with Gasteiger partial charge in [-0.3, -0.25) is 4.79 Å². The summed E-state index contributed by atoms with van der Waals surface area (Å²) in [5.41, 5.74) is 4.30. The number of aromatic nitrogens is 1.